The number of carbonyl (C=O) groups excluding carboxylic acids is 2. The van der Waals surface area contributed by atoms with Crippen LogP contribution in [0, 0.1) is 10.1 Å². The second-order valence-corrected chi connectivity index (χ2v) is 6.96. The summed E-state index contributed by atoms with van der Waals surface area (Å²) >= 11 is 3.09. The molecule has 0 aliphatic rings. The van der Waals surface area contributed by atoms with E-state index in [1.807, 2.05) is 6.07 Å². The molecule has 2 rings (SSSR count). The van der Waals surface area contributed by atoms with E-state index in [-0.39, 0.29) is 28.2 Å². The first kappa shape index (κ1) is 20.6. The molecule has 142 valence electrons. The molecule has 0 radical (unpaired) electrons. The first-order chi connectivity index (χ1) is 12.8. The van der Waals surface area contributed by atoms with Crippen molar-refractivity contribution in [1.29, 1.82) is 0 Å². The van der Waals surface area contributed by atoms with Crippen LogP contribution in [0.3, 0.4) is 0 Å². The normalized spacial score (nSPS) is 11.7. The summed E-state index contributed by atoms with van der Waals surface area (Å²) in [6, 6.07) is 12.5. The van der Waals surface area contributed by atoms with Crippen LogP contribution >= 0.6 is 15.9 Å². The molecular formula is C19H19BrN2O5. The minimum atomic E-state index is -0.618. The van der Waals surface area contributed by atoms with E-state index in [4.69, 9.17) is 4.74 Å². The van der Waals surface area contributed by atoms with Gasteiger partial charge in [0.25, 0.3) is 11.6 Å². The van der Waals surface area contributed by atoms with Crippen molar-refractivity contribution in [2.45, 2.75) is 32.4 Å². The predicted molar refractivity (Wildman–Crippen MR) is 103 cm³/mol. The Morgan fingerprint density at radius 1 is 1.19 bits per heavy atom. The highest BCUT2D eigenvalue weighted by Crippen LogP contribution is 2.26. The number of nitro groups is 1. The van der Waals surface area contributed by atoms with Crippen LogP contribution in [0.4, 0.5) is 5.69 Å². The summed E-state index contributed by atoms with van der Waals surface area (Å²) in [5.41, 5.74) is 0.652. The molecule has 0 spiro atoms. The van der Waals surface area contributed by atoms with Gasteiger partial charge in [-0.2, -0.15) is 0 Å². The van der Waals surface area contributed by atoms with Gasteiger partial charge in [-0.1, -0.05) is 30.3 Å². The second-order valence-electron chi connectivity index (χ2n) is 6.10. The third-order valence-electron chi connectivity index (χ3n) is 3.65. The minimum Gasteiger partial charge on any atom is -0.463 e. The number of nitrogens with one attached hydrogen (secondary N) is 1. The van der Waals surface area contributed by atoms with Crippen molar-refractivity contribution in [3.63, 3.8) is 0 Å². The van der Waals surface area contributed by atoms with Crippen LogP contribution in [-0.4, -0.2) is 22.9 Å². The Morgan fingerprint density at radius 2 is 1.85 bits per heavy atom. The first-order valence-corrected chi connectivity index (χ1v) is 9.06. The van der Waals surface area contributed by atoms with Crippen LogP contribution in [0.5, 0.6) is 0 Å². The molecule has 0 saturated heterocycles. The fourth-order valence-electron chi connectivity index (χ4n) is 2.45. The highest BCUT2D eigenvalue weighted by molar-refractivity contribution is 9.10. The van der Waals surface area contributed by atoms with Gasteiger partial charge in [-0.3, -0.25) is 19.7 Å². The maximum absolute atomic E-state index is 12.6. The number of esters is 1. The molecule has 1 unspecified atom stereocenters. The van der Waals surface area contributed by atoms with Gasteiger partial charge in [-0.25, -0.2) is 0 Å². The lowest BCUT2D eigenvalue weighted by molar-refractivity contribution is -0.385. The Bertz CT molecular complexity index is 839. The Kier molecular flexibility index (Phi) is 7.06. The largest absolute Gasteiger partial charge is 0.463 e. The van der Waals surface area contributed by atoms with Crippen LogP contribution in [-0.2, 0) is 9.53 Å². The molecule has 0 fully saturated rings. The molecule has 1 atom stereocenters. The van der Waals surface area contributed by atoms with E-state index in [1.54, 1.807) is 38.1 Å². The lowest BCUT2D eigenvalue weighted by Gasteiger charge is -2.19. The molecule has 0 bridgehead atoms. The number of hydrogen-bond donors (Lipinski definition) is 1. The Labute approximate surface area is 165 Å². The molecule has 2 aromatic carbocycles. The SMILES string of the molecule is CC(C)OC(=O)CC(NC(=O)c1ccc(Br)c([N+](=O)[O-])c1)c1ccccc1. The molecule has 0 saturated carbocycles. The van der Waals surface area contributed by atoms with Crippen molar-refractivity contribution in [1.82, 2.24) is 5.32 Å². The number of ether oxygens (including phenoxy) is 1. The van der Waals surface area contributed by atoms with E-state index in [2.05, 4.69) is 21.2 Å². The highest BCUT2D eigenvalue weighted by Gasteiger charge is 2.22. The van der Waals surface area contributed by atoms with Crippen LogP contribution in [0.25, 0.3) is 0 Å². The van der Waals surface area contributed by atoms with Crippen molar-refractivity contribution in [2.24, 2.45) is 0 Å². The molecular weight excluding hydrogens is 416 g/mol. The topological polar surface area (TPSA) is 98.5 Å². The van der Waals surface area contributed by atoms with Gasteiger partial charge in [-0.05, 0) is 47.5 Å². The quantitative estimate of drug-likeness (QED) is 0.400. The molecule has 0 aliphatic heterocycles. The van der Waals surface area contributed by atoms with Gasteiger partial charge >= 0.3 is 5.97 Å². The first-order valence-electron chi connectivity index (χ1n) is 8.27. The van der Waals surface area contributed by atoms with Crippen molar-refractivity contribution < 1.29 is 19.2 Å². The number of amides is 1. The smallest absolute Gasteiger partial charge is 0.308 e. The molecule has 0 aliphatic carbocycles. The maximum Gasteiger partial charge on any atom is 0.308 e. The third kappa shape index (κ3) is 5.89. The molecule has 8 heteroatoms. The molecule has 0 heterocycles. The van der Waals surface area contributed by atoms with Crippen LogP contribution in [0.2, 0.25) is 0 Å². The second kappa shape index (κ2) is 9.27. The van der Waals surface area contributed by atoms with Gasteiger partial charge in [0.15, 0.2) is 0 Å². The zero-order chi connectivity index (χ0) is 20.0. The minimum absolute atomic E-state index is 0.0491. The number of halogens is 1. The Morgan fingerprint density at radius 3 is 2.44 bits per heavy atom. The summed E-state index contributed by atoms with van der Waals surface area (Å²) in [7, 11) is 0. The summed E-state index contributed by atoms with van der Waals surface area (Å²) in [6.45, 7) is 3.49. The van der Waals surface area contributed by atoms with E-state index >= 15 is 0 Å². The Hall–Kier alpha value is -2.74. The van der Waals surface area contributed by atoms with Crippen molar-refractivity contribution in [3.8, 4) is 0 Å². The highest BCUT2D eigenvalue weighted by atomic mass is 79.9. The van der Waals surface area contributed by atoms with Crippen molar-refractivity contribution >= 4 is 33.5 Å². The molecule has 27 heavy (non-hydrogen) atoms. The lowest BCUT2D eigenvalue weighted by atomic mass is 10.0. The summed E-state index contributed by atoms with van der Waals surface area (Å²) in [5, 5.41) is 13.8. The van der Waals surface area contributed by atoms with E-state index in [0.717, 1.165) is 5.56 Å². The van der Waals surface area contributed by atoms with Gasteiger partial charge in [0.2, 0.25) is 0 Å². The monoisotopic (exact) mass is 434 g/mol. The molecule has 2 aromatic rings. The van der Waals surface area contributed by atoms with Gasteiger partial charge in [0, 0.05) is 11.6 Å². The number of hydrogen-bond acceptors (Lipinski definition) is 5. The number of nitro benzene ring substituents is 1. The summed E-state index contributed by atoms with van der Waals surface area (Å²) in [6.07, 6.45) is -0.314. The third-order valence-corrected chi connectivity index (χ3v) is 4.32. The van der Waals surface area contributed by atoms with E-state index in [1.165, 1.54) is 18.2 Å². The number of benzene rings is 2. The average Bonchev–Trinajstić information content (AvgIpc) is 2.61. The van der Waals surface area contributed by atoms with Gasteiger partial charge in [-0.15, -0.1) is 0 Å². The molecule has 1 amide bonds. The summed E-state index contributed by atoms with van der Waals surface area (Å²) in [5.74, 6) is -0.960. The fraction of sp³-hybridized carbons (Fsp3) is 0.263. The van der Waals surface area contributed by atoms with Gasteiger partial charge in [0.05, 0.1) is 28.0 Å². The zero-order valence-corrected chi connectivity index (χ0v) is 16.4. The van der Waals surface area contributed by atoms with Gasteiger partial charge < -0.3 is 10.1 Å². The Balaban J connectivity index is 2.24. The maximum atomic E-state index is 12.6. The van der Waals surface area contributed by atoms with Crippen molar-refractivity contribution in [2.75, 3.05) is 0 Å². The zero-order valence-electron chi connectivity index (χ0n) is 14.8. The van der Waals surface area contributed by atoms with E-state index in [9.17, 15) is 19.7 Å². The van der Waals surface area contributed by atoms with Crippen molar-refractivity contribution in [3.05, 3.63) is 74.2 Å². The lowest BCUT2D eigenvalue weighted by Crippen LogP contribution is -2.31. The number of carbonyl (C=O) groups is 2. The van der Waals surface area contributed by atoms with Gasteiger partial charge in [0.1, 0.15) is 0 Å². The average molecular weight is 435 g/mol. The molecule has 0 aromatic heterocycles. The van der Waals surface area contributed by atoms with E-state index < -0.39 is 22.8 Å². The van der Waals surface area contributed by atoms with Crippen LogP contribution < -0.4 is 5.32 Å². The number of rotatable bonds is 7. The van der Waals surface area contributed by atoms with Crippen LogP contribution in [0.15, 0.2) is 53.0 Å². The van der Waals surface area contributed by atoms with E-state index in [0.29, 0.717) is 0 Å². The van der Waals surface area contributed by atoms with Crippen LogP contribution in [0.1, 0.15) is 42.2 Å². The molecule has 7 nitrogen and oxygen atoms in total. The molecule has 1 N–H and O–H groups in total. The fourth-order valence-corrected chi connectivity index (χ4v) is 2.84. The standard InChI is InChI=1S/C19H19BrN2O5/c1-12(2)27-18(23)11-16(13-6-4-3-5-7-13)21-19(24)14-8-9-15(20)17(10-14)22(25)26/h3-10,12,16H,11H2,1-2H3,(H,21,24). The number of nitrogens with zero attached hydrogens (tertiary/aromatic N) is 1. The predicted octanol–water partition coefficient (Wildman–Crippen LogP) is 4.17. The summed E-state index contributed by atoms with van der Waals surface area (Å²) in [4.78, 5) is 35.2. The summed E-state index contributed by atoms with van der Waals surface area (Å²) < 4.78 is 5.45.